The maximum Gasteiger partial charge on any atom is 6.00 e. The van der Waals surface area contributed by atoms with Crippen molar-refractivity contribution in [3.05, 3.63) is 0 Å². The molecular weight excluding hydrogens is 240 g/mol. The summed E-state index contributed by atoms with van der Waals surface area (Å²) >= 11 is 0. The third-order valence-corrected chi connectivity index (χ3v) is 0. The zero-order valence-corrected chi connectivity index (χ0v) is 6.06. The summed E-state index contributed by atoms with van der Waals surface area (Å²) in [7, 11) is 0. The van der Waals surface area contributed by atoms with Crippen molar-refractivity contribution in [2.75, 3.05) is 0 Å². The quantitative estimate of drug-likeness (QED) is 0.517. The molecule has 0 aliphatic heterocycles. The summed E-state index contributed by atoms with van der Waals surface area (Å²) in [6.45, 7) is 0. The van der Waals surface area contributed by atoms with Crippen molar-refractivity contribution in [3.63, 3.8) is 0 Å². The SMILES string of the molecule is [Mo+6].[Mo].[O-2].[O-2].[O-2]. The molecule has 0 radical (unpaired) electrons. The van der Waals surface area contributed by atoms with Gasteiger partial charge in [-0.3, -0.25) is 0 Å². The van der Waals surface area contributed by atoms with Crippen molar-refractivity contribution in [1.82, 2.24) is 0 Å². The second-order valence-electron chi connectivity index (χ2n) is 0. The maximum absolute atomic E-state index is 0. The fraction of sp³-hybridized carbons (Fsp3) is 0. The summed E-state index contributed by atoms with van der Waals surface area (Å²) in [5.74, 6) is 0. The topological polar surface area (TPSA) is 85.5 Å². The normalized spacial score (nSPS) is 0. The van der Waals surface area contributed by atoms with Crippen molar-refractivity contribution < 1.29 is 58.6 Å². The van der Waals surface area contributed by atoms with Crippen molar-refractivity contribution in [3.8, 4) is 0 Å². The Kier molecular flexibility index (Phi) is 1320. The maximum atomic E-state index is 0. The first kappa shape index (κ1) is 109. The van der Waals surface area contributed by atoms with E-state index in [1.54, 1.807) is 0 Å². The van der Waals surface area contributed by atoms with Crippen LogP contribution in [0.2, 0.25) is 0 Å². The van der Waals surface area contributed by atoms with Gasteiger partial charge >= 0.3 is 21.1 Å². The van der Waals surface area contributed by atoms with E-state index in [4.69, 9.17) is 0 Å². The standard InChI is InChI=1S/2Mo.3O/q;+6;3*-2. The molecule has 0 atom stereocenters. The minimum Gasteiger partial charge on any atom is -2.00 e. The average molecular weight is 240 g/mol. The van der Waals surface area contributed by atoms with Crippen LogP contribution in [0.3, 0.4) is 0 Å². The van der Waals surface area contributed by atoms with Gasteiger partial charge in [-0.05, 0) is 0 Å². The Hall–Kier alpha value is 1.26. The molecule has 30 valence electrons. The molecule has 0 fully saturated rings. The molecule has 0 saturated carbocycles. The molecule has 0 heterocycles. The van der Waals surface area contributed by atoms with E-state index in [0.29, 0.717) is 0 Å². The van der Waals surface area contributed by atoms with Crippen LogP contribution >= 0.6 is 0 Å². The zero-order chi connectivity index (χ0) is 0. The van der Waals surface area contributed by atoms with Gasteiger partial charge < -0.3 is 16.4 Å². The van der Waals surface area contributed by atoms with Gasteiger partial charge in [0.1, 0.15) is 0 Å². The van der Waals surface area contributed by atoms with Crippen LogP contribution in [0.4, 0.5) is 0 Å². The molecule has 0 rings (SSSR count). The second kappa shape index (κ2) is 60.3. The predicted octanol–water partition coefficient (Wildman–Crippen LogP) is -0.361. The van der Waals surface area contributed by atoms with Gasteiger partial charge in [0.2, 0.25) is 0 Å². The summed E-state index contributed by atoms with van der Waals surface area (Å²) in [6, 6.07) is 0. The largest absolute Gasteiger partial charge is 6.00 e. The van der Waals surface area contributed by atoms with Gasteiger partial charge in [0.05, 0.1) is 0 Å². The molecule has 5 heavy (non-hydrogen) atoms. The molecule has 0 saturated heterocycles. The van der Waals surface area contributed by atoms with Gasteiger partial charge in [0, 0.05) is 21.1 Å². The van der Waals surface area contributed by atoms with Crippen molar-refractivity contribution in [2.24, 2.45) is 0 Å². The summed E-state index contributed by atoms with van der Waals surface area (Å²) in [5.41, 5.74) is 0. The summed E-state index contributed by atoms with van der Waals surface area (Å²) in [4.78, 5) is 0. The molecule has 0 N–H and O–H groups in total. The minimum atomic E-state index is 0. The Labute approximate surface area is 58.6 Å². The van der Waals surface area contributed by atoms with Crippen LogP contribution in [0.1, 0.15) is 0 Å². The van der Waals surface area contributed by atoms with E-state index in [9.17, 15) is 0 Å². The fourth-order valence-electron chi connectivity index (χ4n) is 0. The molecule has 0 spiro atoms. The molecule has 0 aliphatic carbocycles. The van der Waals surface area contributed by atoms with Gasteiger partial charge in [0.15, 0.2) is 0 Å². The number of hydrogen-bond donors (Lipinski definition) is 0. The molecule has 3 nitrogen and oxygen atoms in total. The second-order valence-corrected chi connectivity index (χ2v) is 0. The Morgan fingerprint density at radius 2 is 0.600 bits per heavy atom. The predicted molar refractivity (Wildman–Crippen MR) is 2.06 cm³/mol. The Morgan fingerprint density at radius 1 is 0.600 bits per heavy atom. The molecule has 0 bridgehead atoms. The van der Waals surface area contributed by atoms with E-state index in [1.165, 1.54) is 0 Å². The van der Waals surface area contributed by atoms with Gasteiger partial charge in [0.25, 0.3) is 0 Å². The monoisotopic (exact) mass is 244 g/mol. The Morgan fingerprint density at radius 3 is 0.600 bits per heavy atom. The third kappa shape index (κ3) is 35.3. The van der Waals surface area contributed by atoms with Crippen LogP contribution in [0.15, 0.2) is 0 Å². The zero-order valence-electron chi connectivity index (χ0n) is 2.04. The number of hydrogen-bond acceptors (Lipinski definition) is 0. The molecule has 0 aromatic heterocycles. The van der Waals surface area contributed by atoms with E-state index in [2.05, 4.69) is 0 Å². The van der Waals surface area contributed by atoms with Gasteiger partial charge in [-0.15, -0.1) is 0 Å². The Balaban J connectivity index is 0. The van der Waals surface area contributed by atoms with Gasteiger partial charge in [-0.25, -0.2) is 0 Å². The van der Waals surface area contributed by atoms with E-state index < -0.39 is 0 Å². The molecule has 0 aromatic carbocycles. The summed E-state index contributed by atoms with van der Waals surface area (Å²) in [6.07, 6.45) is 0. The van der Waals surface area contributed by atoms with E-state index >= 15 is 0 Å². The summed E-state index contributed by atoms with van der Waals surface area (Å²) in [5, 5.41) is 0. The van der Waals surface area contributed by atoms with Gasteiger partial charge in [-0.1, -0.05) is 0 Å². The number of rotatable bonds is 0. The van der Waals surface area contributed by atoms with Crippen LogP contribution in [-0.2, 0) is 58.6 Å². The van der Waals surface area contributed by atoms with Crippen LogP contribution in [0.5, 0.6) is 0 Å². The molecule has 5 heteroatoms. The first-order valence-corrected chi connectivity index (χ1v) is 0. The summed E-state index contributed by atoms with van der Waals surface area (Å²) < 4.78 is 0. The molecule has 0 aromatic rings. The molecule has 0 unspecified atom stereocenters. The smallest absolute Gasteiger partial charge is 2.00 e. The van der Waals surface area contributed by atoms with Crippen molar-refractivity contribution in [1.29, 1.82) is 0 Å². The van der Waals surface area contributed by atoms with Crippen molar-refractivity contribution in [2.45, 2.75) is 0 Å². The molecular formula is Mo2O3. The van der Waals surface area contributed by atoms with Crippen LogP contribution in [0.25, 0.3) is 0 Å². The fourth-order valence-corrected chi connectivity index (χ4v) is 0. The Bertz CT molecular complexity index is 4.85. The molecule has 0 amide bonds. The average Bonchev–Trinajstić information content (AvgIpc) is 0. The molecule has 0 aliphatic rings. The first-order valence-electron chi connectivity index (χ1n) is 0. The third-order valence-electron chi connectivity index (χ3n) is 0. The minimum absolute atomic E-state index is 0. The van der Waals surface area contributed by atoms with Crippen LogP contribution < -0.4 is 0 Å². The van der Waals surface area contributed by atoms with E-state index in [-0.39, 0.29) is 58.6 Å². The van der Waals surface area contributed by atoms with Crippen LogP contribution in [0, 0.1) is 0 Å². The van der Waals surface area contributed by atoms with E-state index in [0.717, 1.165) is 0 Å². The van der Waals surface area contributed by atoms with Gasteiger partial charge in [-0.2, -0.15) is 0 Å². The van der Waals surface area contributed by atoms with E-state index in [1.807, 2.05) is 0 Å². The van der Waals surface area contributed by atoms with Crippen LogP contribution in [-0.4, -0.2) is 0 Å². The first-order chi connectivity index (χ1) is 0. The van der Waals surface area contributed by atoms with Crippen molar-refractivity contribution >= 4 is 0 Å².